The van der Waals surface area contributed by atoms with E-state index in [1.54, 1.807) is 6.92 Å². The second kappa shape index (κ2) is 37.3. The molecule has 1 aliphatic heterocycles. The molecule has 2 amide bonds. The molecule has 0 aromatic rings. The zero-order valence-corrected chi connectivity index (χ0v) is 35.1. The van der Waals surface area contributed by atoms with Gasteiger partial charge in [-0.3, -0.25) is 14.4 Å². The molecule has 0 aromatic heterocycles. The van der Waals surface area contributed by atoms with Gasteiger partial charge in [0, 0.05) is 26.1 Å². The second-order valence-electron chi connectivity index (χ2n) is 15.8. The molecule has 312 valence electrons. The molecule has 0 N–H and O–H groups in total. The van der Waals surface area contributed by atoms with E-state index in [0.29, 0.717) is 24.9 Å². The lowest BCUT2D eigenvalue weighted by Crippen LogP contribution is -2.38. The van der Waals surface area contributed by atoms with Gasteiger partial charge in [0.05, 0.1) is 6.61 Å². The van der Waals surface area contributed by atoms with Crippen molar-refractivity contribution < 1.29 is 33.4 Å². The van der Waals surface area contributed by atoms with E-state index in [-0.39, 0.29) is 12.8 Å². The van der Waals surface area contributed by atoms with Gasteiger partial charge in [-0.05, 0) is 19.8 Å². The molecule has 1 heterocycles. The van der Waals surface area contributed by atoms with Crippen molar-refractivity contribution in [1.82, 2.24) is 5.06 Å². The number of imide groups is 1. The first kappa shape index (κ1) is 49.3. The van der Waals surface area contributed by atoms with Gasteiger partial charge in [-0.25, -0.2) is 4.79 Å². The molecule has 8 heteroatoms. The van der Waals surface area contributed by atoms with Crippen molar-refractivity contribution in [2.24, 2.45) is 0 Å². The Morgan fingerprint density at radius 3 is 1.19 bits per heavy atom. The number of unbranched alkanes of at least 4 members (excludes halogenated alkanes) is 30. The Morgan fingerprint density at radius 1 is 0.509 bits per heavy atom. The SMILES string of the molecule is CCCCCCCCCCCCCCCCCCOC[C@@H](OCCCCCCCCCCCCCCCCCC)[C@@H](C)OC(=O)ON1C(=O)CCC1=O. The van der Waals surface area contributed by atoms with Crippen LogP contribution >= 0.6 is 0 Å². The van der Waals surface area contributed by atoms with E-state index >= 15 is 0 Å². The summed E-state index contributed by atoms with van der Waals surface area (Å²) in [4.78, 5) is 41.0. The molecule has 0 aliphatic carbocycles. The van der Waals surface area contributed by atoms with Crippen LogP contribution in [0.4, 0.5) is 4.79 Å². The summed E-state index contributed by atoms with van der Waals surface area (Å²) in [6.45, 7) is 7.82. The minimum Gasteiger partial charge on any atom is -0.427 e. The maximum Gasteiger partial charge on any atom is 0.534 e. The highest BCUT2D eigenvalue weighted by molar-refractivity contribution is 6.01. The summed E-state index contributed by atoms with van der Waals surface area (Å²) in [5.74, 6) is -1.06. The lowest BCUT2D eigenvalue weighted by molar-refractivity contribution is -0.181. The standard InChI is InChI=1S/C45H85NO7/c1-4-6-8-10-12-14-16-18-20-22-24-26-28-30-32-34-38-50-40-42(41(3)52-45(49)53-46-43(47)36-37-44(46)48)51-39-35-33-31-29-27-25-23-21-19-17-15-13-11-9-7-5-2/h41-42H,4-40H2,1-3H3/t41-,42-/m1/s1. The van der Waals surface area contributed by atoms with Gasteiger partial charge in [-0.1, -0.05) is 212 Å². The van der Waals surface area contributed by atoms with E-state index in [1.165, 1.54) is 180 Å². The molecule has 1 fully saturated rings. The minimum absolute atomic E-state index is 0.0416. The molecule has 2 atom stereocenters. The van der Waals surface area contributed by atoms with Gasteiger partial charge in [0.2, 0.25) is 0 Å². The van der Waals surface area contributed by atoms with E-state index in [2.05, 4.69) is 13.8 Å². The molecule has 1 aliphatic rings. The summed E-state index contributed by atoms with van der Waals surface area (Å²) in [7, 11) is 0. The lowest BCUT2D eigenvalue weighted by atomic mass is 10.0. The monoisotopic (exact) mass is 752 g/mol. The first-order valence-electron chi connectivity index (χ1n) is 22.9. The number of carbonyl (C=O) groups is 3. The molecule has 0 unspecified atom stereocenters. The predicted octanol–water partition coefficient (Wildman–Crippen LogP) is 13.5. The van der Waals surface area contributed by atoms with E-state index < -0.39 is 30.2 Å². The Balaban J connectivity index is 2.17. The molecule has 0 bridgehead atoms. The number of rotatable bonds is 40. The van der Waals surface area contributed by atoms with Crippen LogP contribution in [-0.2, 0) is 28.6 Å². The molecular formula is C45H85NO7. The third-order valence-corrected chi connectivity index (χ3v) is 10.7. The summed E-state index contributed by atoms with van der Waals surface area (Å²) >= 11 is 0. The first-order chi connectivity index (χ1) is 26.0. The Morgan fingerprint density at radius 2 is 0.830 bits per heavy atom. The van der Waals surface area contributed by atoms with Crippen LogP contribution < -0.4 is 0 Å². The van der Waals surface area contributed by atoms with E-state index in [1.807, 2.05) is 0 Å². The summed E-state index contributed by atoms with van der Waals surface area (Å²) in [5.41, 5.74) is 0. The van der Waals surface area contributed by atoms with Crippen LogP contribution in [0.2, 0.25) is 0 Å². The Hall–Kier alpha value is -1.67. The number of carbonyl (C=O) groups excluding carboxylic acids is 3. The highest BCUT2D eigenvalue weighted by Gasteiger charge is 2.34. The quantitative estimate of drug-likeness (QED) is 0.0350. The van der Waals surface area contributed by atoms with Crippen molar-refractivity contribution in [3.05, 3.63) is 0 Å². The fourth-order valence-electron chi connectivity index (χ4n) is 7.14. The van der Waals surface area contributed by atoms with Gasteiger partial charge in [0.15, 0.2) is 0 Å². The van der Waals surface area contributed by atoms with E-state index in [0.717, 1.165) is 25.7 Å². The van der Waals surface area contributed by atoms with Crippen LogP contribution in [0.5, 0.6) is 0 Å². The van der Waals surface area contributed by atoms with Crippen molar-refractivity contribution in [1.29, 1.82) is 0 Å². The zero-order chi connectivity index (χ0) is 38.5. The van der Waals surface area contributed by atoms with E-state index in [4.69, 9.17) is 19.0 Å². The molecule has 0 saturated carbocycles. The van der Waals surface area contributed by atoms with Crippen LogP contribution in [0.1, 0.15) is 239 Å². The van der Waals surface area contributed by atoms with Crippen molar-refractivity contribution >= 4 is 18.0 Å². The topological polar surface area (TPSA) is 91.4 Å². The van der Waals surface area contributed by atoms with Gasteiger partial charge >= 0.3 is 6.16 Å². The van der Waals surface area contributed by atoms with Gasteiger partial charge in [0.25, 0.3) is 11.8 Å². The fourth-order valence-corrected chi connectivity index (χ4v) is 7.14. The average Bonchev–Trinajstić information content (AvgIpc) is 3.46. The first-order valence-corrected chi connectivity index (χ1v) is 22.9. The summed E-state index contributed by atoms with van der Waals surface area (Å²) in [6, 6.07) is 0. The summed E-state index contributed by atoms with van der Waals surface area (Å²) in [6.07, 6.45) is 40.3. The number of hydroxylamine groups is 2. The van der Waals surface area contributed by atoms with Crippen LogP contribution in [0, 0.1) is 0 Å². The third-order valence-electron chi connectivity index (χ3n) is 10.7. The smallest absolute Gasteiger partial charge is 0.427 e. The number of ether oxygens (including phenoxy) is 3. The molecule has 1 rings (SSSR count). The Bertz CT molecular complexity index is 837. The van der Waals surface area contributed by atoms with E-state index in [9.17, 15) is 14.4 Å². The number of amides is 2. The van der Waals surface area contributed by atoms with Gasteiger partial charge in [0.1, 0.15) is 12.2 Å². The maximum atomic E-state index is 12.4. The molecule has 0 spiro atoms. The molecule has 0 radical (unpaired) electrons. The lowest BCUT2D eigenvalue weighted by Gasteiger charge is -2.24. The highest BCUT2D eigenvalue weighted by atomic mass is 16.8. The highest BCUT2D eigenvalue weighted by Crippen LogP contribution is 2.17. The van der Waals surface area contributed by atoms with Crippen molar-refractivity contribution in [3.63, 3.8) is 0 Å². The average molecular weight is 752 g/mol. The second-order valence-corrected chi connectivity index (χ2v) is 15.8. The molecule has 8 nitrogen and oxygen atoms in total. The van der Waals surface area contributed by atoms with Crippen molar-refractivity contribution in [2.45, 2.75) is 251 Å². The van der Waals surface area contributed by atoms with Crippen LogP contribution in [0.3, 0.4) is 0 Å². The molecule has 1 saturated heterocycles. The summed E-state index contributed by atoms with van der Waals surface area (Å²) < 4.78 is 17.6. The zero-order valence-electron chi connectivity index (χ0n) is 35.1. The van der Waals surface area contributed by atoms with Crippen molar-refractivity contribution in [3.8, 4) is 0 Å². The minimum atomic E-state index is -1.07. The molecular weight excluding hydrogens is 666 g/mol. The summed E-state index contributed by atoms with van der Waals surface area (Å²) in [5, 5.41) is 0.509. The largest absolute Gasteiger partial charge is 0.534 e. The van der Waals surface area contributed by atoms with Crippen LogP contribution in [0.15, 0.2) is 0 Å². The normalized spacial score (nSPS) is 14.3. The van der Waals surface area contributed by atoms with Crippen molar-refractivity contribution in [2.75, 3.05) is 19.8 Å². The molecule has 0 aromatic carbocycles. The van der Waals surface area contributed by atoms with Crippen LogP contribution in [0.25, 0.3) is 0 Å². The Kier molecular flexibility index (Phi) is 34.7. The fraction of sp³-hybridized carbons (Fsp3) is 0.933. The number of hydrogen-bond acceptors (Lipinski definition) is 7. The molecule has 53 heavy (non-hydrogen) atoms. The predicted molar refractivity (Wildman–Crippen MR) is 218 cm³/mol. The van der Waals surface area contributed by atoms with Gasteiger partial charge < -0.3 is 14.2 Å². The number of nitrogens with zero attached hydrogens (tertiary/aromatic N) is 1. The number of hydrogen-bond donors (Lipinski definition) is 0. The third kappa shape index (κ3) is 30.3. The maximum absolute atomic E-state index is 12.4. The Labute approximate surface area is 326 Å². The van der Waals surface area contributed by atoms with Crippen LogP contribution in [-0.4, -0.2) is 55.1 Å². The van der Waals surface area contributed by atoms with Gasteiger partial charge in [-0.15, -0.1) is 0 Å². The van der Waals surface area contributed by atoms with Gasteiger partial charge in [-0.2, -0.15) is 0 Å².